The van der Waals surface area contributed by atoms with Gasteiger partial charge in [0.15, 0.2) is 5.75 Å². The minimum atomic E-state index is -0.364. The van der Waals surface area contributed by atoms with Crippen molar-refractivity contribution in [3.63, 3.8) is 0 Å². The molecule has 1 aromatic carbocycles. The Labute approximate surface area is 131 Å². The number of rotatable bonds is 7. The first-order chi connectivity index (χ1) is 10.7. The van der Waals surface area contributed by atoms with E-state index in [1.54, 1.807) is 12.1 Å². The maximum atomic E-state index is 11.2. The molecule has 122 valence electrons. The van der Waals surface area contributed by atoms with Crippen molar-refractivity contribution in [3.8, 4) is 5.75 Å². The summed E-state index contributed by atoms with van der Waals surface area (Å²) in [5, 5.41) is 14.6. The lowest BCUT2D eigenvalue weighted by Crippen LogP contribution is -2.45. The van der Waals surface area contributed by atoms with Crippen LogP contribution in [0.15, 0.2) is 18.2 Å². The van der Waals surface area contributed by atoms with E-state index in [0.717, 1.165) is 51.0 Å². The maximum absolute atomic E-state index is 11.2. The van der Waals surface area contributed by atoms with E-state index in [0.29, 0.717) is 5.75 Å². The van der Waals surface area contributed by atoms with Crippen LogP contribution in [0.25, 0.3) is 0 Å². The van der Waals surface area contributed by atoms with Crippen LogP contribution >= 0.6 is 0 Å². The molecule has 0 bridgehead atoms. The summed E-state index contributed by atoms with van der Waals surface area (Å²) < 4.78 is 5.10. The molecule has 0 aliphatic carbocycles. The van der Waals surface area contributed by atoms with Crippen LogP contribution in [0.1, 0.15) is 37.8 Å². The third-order valence-electron chi connectivity index (χ3n) is 4.21. The molecule has 0 amide bonds. The minimum Gasteiger partial charge on any atom is -0.490 e. The van der Waals surface area contributed by atoms with Gasteiger partial charge < -0.3 is 10.1 Å². The van der Waals surface area contributed by atoms with Crippen molar-refractivity contribution in [2.24, 2.45) is 0 Å². The highest BCUT2D eigenvalue weighted by Gasteiger charge is 2.25. The van der Waals surface area contributed by atoms with Gasteiger partial charge in [-0.15, -0.1) is 0 Å². The number of nitrogens with zero attached hydrogens (tertiary/aromatic N) is 2. The molecule has 22 heavy (non-hydrogen) atoms. The third-order valence-corrected chi connectivity index (χ3v) is 4.21. The van der Waals surface area contributed by atoms with Gasteiger partial charge in [0, 0.05) is 38.3 Å². The number of ether oxygens (including phenoxy) is 1. The van der Waals surface area contributed by atoms with E-state index in [2.05, 4.69) is 17.1 Å². The van der Waals surface area contributed by atoms with E-state index in [9.17, 15) is 10.1 Å². The number of nitrogens with one attached hydrogen (secondary N) is 1. The number of piperazine rings is 1. The Bertz CT molecular complexity index is 501. The van der Waals surface area contributed by atoms with Gasteiger partial charge in [-0.25, -0.2) is 0 Å². The van der Waals surface area contributed by atoms with Gasteiger partial charge >= 0.3 is 5.69 Å². The van der Waals surface area contributed by atoms with Gasteiger partial charge in [0.05, 0.1) is 12.0 Å². The lowest BCUT2D eigenvalue weighted by Gasteiger charge is -2.35. The fraction of sp³-hybridized carbons (Fsp3) is 0.625. The molecular weight excluding hydrogens is 282 g/mol. The van der Waals surface area contributed by atoms with Gasteiger partial charge in [-0.1, -0.05) is 25.8 Å². The molecular formula is C16H25N3O3. The molecule has 1 aromatic rings. The summed E-state index contributed by atoms with van der Waals surface area (Å²) in [5.41, 5.74) is 1.07. The maximum Gasteiger partial charge on any atom is 0.311 e. The average Bonchev–Trinajstić information content (AvgIpc) is 2.56. The summed E-state index contributed by atoms with van der Waals surface area (Å²) in [6.45, 7) is 6.08. The Balaban J connectivity index is 2.29. The SMILES string of the molecule is CCCC[C@H](c1ccc(OC)c([N+](=O)[O-])c1)N1CCNCC1. The van der Waals surface area contributed by atoms with Crippen LogP contribution in [0, 0.1) is 10.1 Å². The van der Waals surface area contributed by atoms with E-state index in [1.807, 2.05) is 6.07 Å². The number of methoxy groups -OCH3 is 1. The van der Waals surface area contributed by atoms with Gasteiger partial charge in [-0.3, -0.25) is 15.0 Å². The standard InChI is InChI=1S/C16H25N3O3/c1-3-4-5-14(18-10-8-17-9-11-18)13-6-7-16(22-2)15(12-13)19(20)21/h6-7,12,14,17H,3-5,8-11H2,1-2H3/t14-/m1/s1. The normalized spacial score (nSPS) is 17.2. The number of unbranched alkanes of at least 4 members (excludes halogenated alkanes) is 1. The van der Waals surface area contributed by atoms with Crippen molar-refractivity contribution < 1.29 is 9.66 Å². The van der Waals surface area contributed by atoms with Gasteiger partial charge in [0.1, 0.15) is 0 Å². The molecule has 6 heteroatoms. The van der Waals surface area contributed by atoms with E-state index in [-0.39, 0.29) is 16.7 Å². The number of nitro groups is 1. The van der Waals surface area contributed by atoms with Crippen LogP contribution in [0.3, 0.4) is 0 Å². The van der Waals surface area contributed by atoms with Crippen molar-refractivity contribution in [3.05, 3.63) is 33.9 Å². The lowest BCUT2D eigenvalue weighted by atomic mass is 9.98. The fourth-order valence-electron chi connectivity index (χ4n) is 3.01. The molecule has 2 rings (SSSR count). The largest absolute Gasteiger partial charge is 0.490 e. The van der Waals surface area contributed by atoms with Crippen molar-refractivity contribution >= 4 is 5.69 Å². The van der Waals surface area contributed by atoms with Crippen LogP contribution in [0.4, 0.5) is 5.69 Å². The van der Waals surface area contributed by atoms with Gasteiger partial charge in [-0.2, -0.15) is 0 Å². The quantitative estimate of drug-likeness (QED) is 0.619. The van der Waals surface area contributed by atoms with Gasteiger partial charge in [-0.05, 0) is 18.1 Å². The molecule has 0 unspecified atom stereocenters. The molecule has 0 radical (unpaired) electrons. The van der Waals surface area contributed by atoms with Gasteiger partial charge in [0.25, 0.3) is 0 Å². The van der Waals surface area contributed by atoms with Crippen LogP contribution in [-0.2, 0) is 0 Å². The molecule has 1 aliphatic rings. The van der Waals surface area contributed by atoms with Gasteiger partial charge in [0.2, 0.25) is 0 Å². The Morgan fingerprint density at radius 3 is 2.73 bits per heavy atom. The Morgan fingerprint density at radius 1 is 1.41 bits per heavy atom. The number of nitro benzene ring substituents is 1. The summed E-state index contributed by atoms with van der Waals surface area (Å²) in [4.78, 5) is 13.3. The summed E-state index contributed by atoms with van der Waals surface area (Å²) in [7, 11) is 1.47. The third kappa shape index (κ3) is 3.96. The Morgan fingerprint density at radius 2 is 2.14 bits per heavy atom. The van der Waals surface area contributed by atoms with E-state index in [1.165, 1.54) is 7.11 Å². The van der Waals surface area contributed by atoms with Crippen LogP contribution < -0.4 is 10.1 Å². The zero-order chi connectivity index (χ0) is 15.9. The molecule has 6 nitrogen and oxygen atoms in total. The minimum absolute atomic E-state index is 0.0524. The first kappa shape index (κ1) is 16.7. The van der Waals surface area contributed by atoms with Crippen molar-refractivity contribution in [1.82, 2.24) is 10.2 Å². The lowest BCUT2D eigenvalue weighted by molar-refractivity contribution is -0.385. The summed E-state index contributed by atoms with van der Waals surface area (Å²) in [6, 6.07) is 5.61. The second kappa shape index (κ2) is 8.10. The summed E-state index contributed by atoms with van der Waals surface area (Å²) >= 11 is 0. The first-order valence-corrected chi connectivity index (χ1v) is 7.94. The number of benzene rings is 1. The molecule has 0 spiro atoms. The molecule has 1 saturated heterocycles. The fourth-order valence-corrected chi connectivity index (χ4v) is 3.01. The Hall–Kier alpha value is -1.66. The molecule has 0 aromatic heterocycles. The molecule has 1 N–H and O–H groups in total. The predicted molar refractivity (Wildman–Crippen MR) is 86.4 cm³/mol. The number of hydrogen-bond donors (Lipinski definition) is 1. The summed E-state index contributed by atoms with van der Waals surface area (Å²) in [6.07, 6.45) is 3.27. The highest BCUT2D eigenvalue weighted by Crippen LogP contribution is 2.34. The second-order valence-electron chi connectivity index (χ2n) is 5.63. The molecule has 1 aliphatic heterocycles. The first-order valence-electron chi connectivity index (χ1n) is 7.94. The molecule has 1 atom stereocenters. The van der Waals surface area contributed by atoms with Crippen molar-refractivity contribution in [2.75, 3.05) is 33.3 Å². The number of hydrogen-bond acceptors (Lipinski definition) is 5. The highest BCUT2D eigenvalue weighted by atomic mass is 16.6. The predicted octanol–water partition coefficient (Wildman–Crippen LogP) is 2.74. The van der Waals surface area contributed by atoms with Crippen LogP contribution in [0.2, 0.25) is 0 Å². The highest BCUT2D eigenvalue weighted by molar-refractivity contribution is 5.49. The smallest absolute Gasteiger partial charge is 0.311 e. The van der Waals surface area contributed by atoms with Crippen LogP contribution in [0.5, 0.6) is 5.75 Å². The monoisotopic (exact) mass is 307 g/mol. The van der Waals surface area contributed by atoms with Crippen molar-refractivity contribution in [1.29, 1.82) is 0 Å². The van der Waals surface area contributed by atoms with E-state index < -0.39 is 0 Å². The molecule has 0 saturated carbocycles. The van der Waals surface area contributed by atoms with Crippen molar-refractivity contribution in [2.45, 2.75) is 32.2 Å². The van der Waals surface area contributed by atoms with E-state index in [4.69, 9.17) is 4.74 Å². The molecule has 1 fully saturated rings. The zero-order valence-corrected chi connectivity index (χ0v) is 13.4. The average molecular weight is 307 g/mol. The van der Waals surface area contributed by atoms with E-state index >= 15 is 0 Å². The zero-order valence-electron chi connectivity index (χ0n) is 13.4. The second-order valence-corrected chi connectivity index (χ2v) is 5.63. The summed E-state index contributed by atoms with van der Waals surface area (Å²) in [5.74, 6) is 0.323. The topological polar surface area (TPSA) is 67.6 Å². The van der Waals surface area contributed by atoms with Crippen LogP contribution in [-0.4, -0.2) is 43.1 Å². The Kier molecular flexibility index (Phi) is 6.15. The molecule has 1 heterocycles.